The summed E-state index contributed by atoms with van der Waals surface area (Å²) in [5.74, 6) is 1.12. The second-order valence-corrected chi connectivity index (χ2v) is 2.85. The first-order chi connectivity index (χ1) is 5.79. The fourth-order valence-corrected chi connectivity index (χ4v) is 1.37. The molecule has 0 aliphatic carbocycles. The summed E-state index contributed by atoms with van der Waals surface area (Å²) in [7, 11) is 0. The van der Waals surface area contributed by atoms with Gasteiger partial charge in [-0.3, -0.25) is 0 Å². The lowest BCUT2D eigenvalue weighted by molar-refractivity contribution is 0.533. The first-order valence-electron chi connectivity index (χ1n) is 4.54. The van der Waals surface area contributed by atoms with Crippen molar-refractivity contribution in [2.75, 3.05) is 6.54 Å². The molecule has 0 saturated carbocycles. The molecule has 1 N–H and O–H groups in total. The lowest BCUT2D eigenvalue weighted by Gasteiger charge is -2.12. The lowest BCUT2D eigenvalue weighted by Crippen LogP contribution is -2.21. The summed E-state index contributed by atoms with van der Waals surface area (Å²) >= 11 is 0. The molecule has 1 rings (SSSR count). The number of imidazole rings is 1. The summed E-state index contributed by atoms with van der Waals surface area (Å²) < 4.78 is 2.16. The topological polar surface area (TPSA) is 29.9 Å². The highest BCUT2D eigenvalue weighted by atomic mass is 15.1. The molecule has 1 aromatic heterocycles. The highest BCUT2D eigenvalue weighted by Gasteiger charge is 2.08. The fraction of sp³-hybridized carbons (Fsp3) is 0.667. The number of aryl methyl sites for hydroxylation is 1. The van der Waals surface area contributed by atoms with Gasteiger partial charge in [0.25, 0.3) is 0 Å². The van der Waals surface area contributed by atoms with E-state index in [9.17, 15) is 0 Å². The Kier molecular flexibility index (Phi) is 3.29. The molecule has 0 amide bonds. The van der Waals surface area contributed by atoms with Gasteiger partial charge in [-0.15, -0.1) is 0 Å². The van der Waals surface area contributed by atoms with E-state index in [4.69, 9.17) is 0 Å². The summed E-state index contributed by atoms with van der Waals surface area (Å²) in [5.41, 5.74) is 0. The van der Waals surface area contributed by atoms with Crippen molar-refractivity contribution in [1.29, 1.82) is 0 Å². The van der Waals surface area contributed by atoms with Crippen LogP contribution in [0.1, 0.15) is 32.6 Å². The molecule has 0 unspecified atom stereocenters. The second kappa shape index (κ2) is 4.26. The fourth-order valence-electron chi connectivity index (χ4n) is 1.37. The molecular formula is C9H17N3. The summed E-state index contributed by atoms with van der Waals surface area (Å²) in [6.45, 7) is 8.35. The molecule has 0 aromatic carbocycles. The van der Waals surface area contributed by atoms with Crippen LogP contribution in [0.4, 0.5) is 0 Å². The van der Waals surface area contributed by atoms with Crippen molar-refractivity contribution in [3.63, 3.8) is 0 Å². The van der Waals surface area contributed by atoms with E-state index in [-0.39, 0.29) is 0 Å². The zero-order valence-corrected chi connectivity index (χ0v) is 8.04. The number of rotatable bonds is 4. The van der Waals surface area contributed by atoms with Crippen LogP contribution < -0.4 is 5.32 Å². The molecule has 3 heteroatoms. The Labute approximate surface area is 73.8 Å². The molecule has 1 aromatic rings. The number of nitrogens with one attached hydrogen (secondary N) is 1. The molecular weight excluding hydrogens is 150 g/mol. The molecule has 0 aliphatic rings. The number of nitrogens with zero attached hydrogens (tertiary/aromatic N) is 2. The SMILES string of the molecule is CCN[C@H](C)c1nccn1CC. The van der Waals surface area contributed by atoms with E-state index >= 15 is 0 Å². The van der Waals surface area contributed by atoms with Crippen LogP contribution in [0, 0.1) is 0 Å². The first-order valence-corrected chi connectivity index (χ1v) is 4.54. The van der Waals surface area contributed by atoms with E-state index in [0.717, 1.165) is 18.9 Å². The Morgan fingerprint density at radius 3 is 2.92 bits per heavy atom. The van der Waals surface area contributed by atoms with E-state index in [1.54, 1.807) is 0 Å². The van der Waals surface area contributed by atoms with Crippen molar-refractivity contribution in [2.24, 2.45) is 0 Å². The van der Waals surface area contributed by atoms with Gasteiger partial charge in [0.1, 0.15) is 5.82 Å². The van der Waals surface area contributed by atoms with Gasteiger partial charge in [-0.05, 0) is 20.4 Å². The van der Waals surface area contributed by atoms with E-state index in [1.807, 2.05) is 12.4 Å². The predicted octanol–water partition coefficient (Wildman–Crippen LogP) is 1.57. The first kappa shape index (κ1) is 9.26. The monoisotopic (exact) mass is 167 g/mol. The van der Waals surface area contributed by atoms with Crippen LogP contribution in [-0.4, -0.2) is 16.1 Å². The van der Waals surface area contributed by atoms with Gasteiger partial charge in [-0.25, -0.2) is 4.98 Å². The summed E-state index contributed by atoms with van der Waals surface area (Å²) in [6.07, 6.45) is 3.87. The number of hydrogen-bond acceptors (Lipinski definition) is 2. The Morgan fingerprint density at radius 2 is 2.33 bits per heavy atom. The van der Waals surface area contributed by atoms with Crippen LogP contribution >= 0.6 is 0 Å². The largest absolute Gasteiger partial charge is 0.334 e. The quantitative estimate of drug-likeness (QED) is 0.737. The molecule has 3 nitrogen and oxygen atoms in total. The molecule has 68 valence electrons. The minimum atomic E-state index is 0.352. The Hall–Kier alpha value is -0.830. The lowest BCUT2D eigenvalue weighted by atomic mass is 10.3. The summed E-state index contributed by atoms with van der Waals surface area (Å²) in [6, 6.07) is 0.352. The van der Waals surface area contributed by atoms with Crippen molar-refractivity contribution in [1.82, 2.24) is 14.9 Å². The minimum absolute atomic E-state index is 0.352. The van der Waals surface area contributed by atoms with Crippen LogP contribution in [0.15, 0.2) is 12.4 Å². The Bertz CT molecular complexity index is 229. The van der Waals surface area contributed by atoms with Gasteiger partial charge < -0.3 is 9.88 Å². The molecule has 0 fully saturated rings. The number of hydrogen-bond donors (Lipinski definition) is 1. The minimum Gasteiger partial charge on any atom is -0.334 e. The van der Waals surface area contributed by atoms with Crippen LogP contribution in [0.5, 0.6) is 0 Å². The average molecular weight is 167 g/mol. The number of aromatic nitrogens is 2. The van der Waals surface area contributed by atoms with Crippen molar-refractivity contribution in [3.05, 3.63) is 18.2 Å². The normalized spacial score (nSPS) is 13.2. The van der Waals surface area contributed by atoms with Gasteiger partial charge in [-0.2, -0.15) is 0 Å². The van der Waals surface area contributed by atoms with Gasteiger partial charge in [0.05, 0.1) is 6.04 Å². The van der Waals surface area contributed by atoms with Gasteiger partial charge in [0.15, 0.2) is 0 Å². The standard InChI is InChI=1S/C9H17N3/c1-4-10-8(3)9-11-6-7-12(9)5-2/h6-8,10H,4-5H2,1-3H3/t8-/m1/s1. The van der Waals surface area contributed by atoms with Crippen LogP contribution in [0.2, 0.25) is 0 Å². The van der Waals surface area contributed by atoms with Crippen molar-refractivity contribution in [2.45, 2.75) is 33.4 Å². The zero-order valence-electron chi connectivity index (χ0n) is 8.04. The third-order valence-corrected chi connectivity index (χ3v) is 1.99. The van der Waals surface area contributed by atoms with Crippen molar-refractivity contribution in [3.8, 4) is 0 Å². The molecule has 0 spiro atoms. The van der Waals surface area contributed by atoms with Crippen LogP contribution in [0.25, 0.3) is 0 Å². The van der Waals surface area contributed by atoms with E-state index < -0.39 is 0 Å². The third-order valence-electron chi connectivity index (χ3n) is 1.99. The third kappa shape index (κ3) is 1.85. The highest BCUT2D eigenvalue weighted by molar-refractivity contribution is 4.97. The molecule has 0 aliphatic heterocycles. The molecule has 1 atom stereocenters. The summed E-state index contributed by atoms with van der Waals surface area (Å²) in [5, 5.41) is 3.34. The van der Waals surface area contributed by atoms with E-state index in [1.165, 1.54) is 0 Å². The maximum absolute atomic E-state index is 4.31. The van der Waals surface area contributed by atoms with Crippen molar-refractivity contribution >= 4 is 0 Å². The molecule has 1 heterocycles. The van der Waals surface area contributed by atoms with Gasteiger partial charge in [0, 0.05) is 18.9 Å². The predicted molar refractivity (Wildman–Crippen MR) is 50.0 cm³/mol. The maximum atomic E-state index is 4.31. The zero-order chi connectivity index (χ0) is 8.97. The van der Waals surface area contributed by atoms with Gasteiger partial charge in [0.2, 0.25) is 0 Å². The molecule has 0 bridgehead atoms. The second-order valence-electron chi connectivity index (χ2n) is 2.85. The molecule has 0 saturated heterocycles. The van der Waals surface area contributed by atoms with Gasteiger partial charge >= 0.3 is 0 Å². The van der Waals surface area contributed by atoms with Gasteiger partial charge in [-0.1, -0.05) is 6.92 Å². The summed E-state index contributed by atoms with van der Waals surface area (Å²) in [4.78, 5) is 4.31. The van der Waals surface area contributed by atoms with E-state index in [2.05, 4.69) is 35.6 Å². The Balaban J connectivity index is 2.71. The molecule has 12 heavy (non-hydrogen) atoms. The highest BCUT2D eigenvalue weighted by Crippen LogP contribution is 2.08. The average Bonchev–Trinajstić information content (AvgIpc) is 2.51. The van der Waals surface area contributed by atoms with Crippen LogP contribution in [-0.2, 0) is 6.54 Å². The maximum Gasteiger partial charge on any atom is 0.125 e. The molecule has 0 radical (unpaired) electrons. The van der Waals surface area contributed by atoms with Crippen molar-refractivity contribution < 1.29 is 0 Å². The van der Waals surface area contributed by atoms with Crippen LogP contribution in [0.3, 0.4) is 0 Å². The smallest absolute Gasteiger partial charge is 0.125 e. The van der Waals surface area contributed by atoms with E-state index in [0.29, 0.717) is 6.04 Å². The Morgan fingerprint density at radius 1 is 1.58 bits per heavy atom.